The van der Waals surface area contributed by atoms with E-state index in [1.807, 2.05) is 12.1 Å². The third-order valence-corrected chi connectivity index (χ3v) is 6.05. The van der Waals surface area contributed by atoms with Gasteiger partial charge in [-0.15, -0.1) is 0 Å². The Morgan fingerprint density at radius 2 is 1.59 bits per heavy atom. The van der Waals surface area contributed by atoms with Crippen LogP contribution in [0.5, 0.6) is 17.2 Å². The van der Waals surface area contributed by atoms with Crippen LogP contribution in [0.4, 0.5) is 10.1 Å². The normalized spacial score (nSPS) is 17.1. The quantitative estimate of drug-likeness (QED) is 0.585. The fourth-order valence-corrected chi connectivity index (χ4v) is 4.32. The largest absolute Gasteiger partial charge is 0.497 e. The van der Waals surface area contributed by atoms with E-state index in [1.165, 1.54) is 31.3 Å². The molecule has 2 atom stereocenters. The molecule has 4 rings (SSSR count). The van der Waals surface area contributed by atoms with Gasteiger partial charge < -0.3 is 24.4 Å². The van der Waals surface area contributed by atoms with Crippen molar-refractivity contribution in [2.45, 2.75) is 12.0 Å². The number of fused-ring (bicyclic) bond motifs is 1. The van der Waals surface area contributed by atoms with Crippen LogP contribution in [0.25, 0.3) is 0 Å². The van der Waals surface area contributed by atoms with E-state index in [2.05, 4.69) is 5.32 Å². The number of para-hydroxylation sites is 1. The minimum Gasteiger partial charge on any atom is -0.497 e. The number of ether oxygens (including phenoxy) is 3. The number of methoxy groups -OCH3 is 3. The SMILES string of the molecule is COc1ccc(C2C(C(=O)Nc3ccccc3F)c3cc(OC)c(OC)cc3C(=O)N2C)cc1. The number of likely N-dealkylation sites (N-methyl/N-ethyl adjacent to an activating group) is 1. The van der Waals surface area contributed by atoms with Gasteiger partial charge in [0, 0.05) is 12.6 Å². The van der Waals surface area contributed by atoms with Crippen LogP contribution in [-0.4, -0.2) is 45.1 Å². The summed E-state index contributed by atoms with van der Waals surface area (Å²) >= 11 is 0. The Balaban J connectivity index is 1.88. The summed E-state index contributed by atoms with van der Waals surface area (Å²) in [6.07, 6.45) is 0. The summed E-state index contributed by atoms with van der Waals surface area (Å²) < 4.78 is 30.4. The number of carbonyl (C=O) groups is 2. The van der Waals surface area contributed by atoms with E-state index in [1.54, 1.807) is 50.6 Å². The van der Waals surface area contributed by atoms with Crippen molar-refractivity contribution in [1.82, 2.24) is 4.90 Å². The summed E-state index contributed by atoms with van der Waals surface area (Å²) in [5.41, 5.74) is 1.57. The maximum Gasteiger partial charge on any atom is 0.254 e. The van der Waals surface area contributed by atoms with Crippen molar-refractivity contribution in [2.75, 3.05) is 33.7 Å². The molecule has 34 heavy (non-hydrogen) atoms. The van der Waals surface area contributed by atoms with Gasteiger partial charge >= 0.3 is 0 Å². The molecule has 0 saturated carbocycles. The molecule has 1 N–H and O–H groups in total. The van der Waals surface area contributed by atoms with Gasteiger partial charge in [0.1, 0.15) is 11.6 Å². The van der Waals surface area contributed by atoms with E-state index >= 15 is 0 Å². The van der Waals surface area contributed by atoms with Gasteiger partial charge in [-0.05, 0) is 47.5 Å². The highest BCUT2D eigenvalue weighted by atomic mass is 19.1. The molecule has 0 bridgehead atoms. The molecule has 1 aliphatic heterocycles. The monoisotopic (exact) mass is 464 g/mol. The Hall–Kier alpha value is -4.07. The predicted molar refractivity (Wildman–Crippen MR) is 125 cm³/mol. The average molecular weight is 464 g/mol. The van der Waals surface area contributed by atoms with E-state index in [0.29, 0.717) is 28.4 Å². The maximum atomic E-state index is 14.3. The number of anilines is 1. The zero-order chi connectivity index (χ0) is 24.4. The number of nitrogens with zero attached hydrogens (tertiary/aromatic N) is 1. The van der Waals surface area contributed by atoms with Gasteiger partial charge in [-0.3, -0.25) is 9.59 Å². The van der Waals surface area contributed by atoms with Crippen molar-refractivity contribution in [2.24, 2.45) is 0 Å². The van der Waals surface area contributed by atoms with Crippen LogP contribution in [0.15, 0.2) is 60.7 Å². The molecule has 0 aliphatic carbocycles. The van der Waals surface area contributed by atoms with Gasteiger partial charge in [0.2, 0.25) is 5.91 Å². The zero-order valence-corrected chi connectivity index (χ0v) is 19.3. The molecule has 176 valence electrons. The number of nitrogens with one attached hydrogen (secondary N) is 1. The maximum absolute atomic E-state index is 14.3. The molecule has 3 aromatic rings. The number of carbonyl (C=O) groups excluding carboxylic acids is 2. The Labute approximate surface area is 197 Å². The van der Waals surface area contributed by atoms with Crippen molar-refractivity contribution >= 4 is 17.5 Å². The third-order valence-electron chi connectivity index (χ3n) is 6.05. The lowest BCUT2D eigenvalue weighted by molar-refractivity contribution is -0.119. The number of benzene rings is 3. The van der Waals surface area contributed by atoms with Crippen LogP contribution >= 0.6 is 0 Å². The van der Waals surface area contributed by atoms with E-state index in [-0.39, 0.29) is 11.6 Å². The second-order valence-electron chi connectivity index (χ2n) is 7.88. The lowest BCUT2D eigenvalue weighted by Crippen LogP contribution is -2.44. The smallest absolute Gasteiger partial charge is 0.254 e. The Kier molecular flexibility index (Phi) is 6.40. The Morgan fingerprint density at radius 3 is 2.21 bits per heavy atom. The molecule has 0 fully saturated rings. The first kappa shape index (κ1) is 23.1. The van der Waals surface area contributed by atoms with Gasteiger partial charge in [-0.2, -0.15) is 0 Å². The van der Waals surface area contributed by atoms with Crippen LogP contribution in [0.1, 0.15) is 33.4 Å². The first-order valence-electron chi connectivity index (χ1n) is 10.6. The third kappa shape index (κ3) is 4.03. The topological polar surface area (TPSA) is 77.1 Å². The summed E-state index contributed by atoms with van der Waals surface area (Å²) in [6.45, 7) is 0. The summed E-state index contributed by atoms with van der Waals surface area (Å²) in [5, 5.41) is 2.70. The number of rotatable bonds is 6. The lowest BCUT2D eigenvalue weighted by Gasteiger charge is -2.40. The minimum absolute atomic E-state index is 0.0579. The first-order chi connectivity index (χ1) is 16.4. The van der Waals surface area contributed by atoms with Crippen LogP contribution in [0, 0.1) is 5.82 Å². The number of halogens is 1. The molecule has 8 heteroatoms. The second kappa shape index (κ2) is 9.43. The second-order valence-corrected chi connectivity index (χ2v) is 7.88. The van der Waals surface area contributed by atoms with E-state index < -0.39 is 23.7 Å². The standard InChI is InChI=1S/C26H25FN2O5/c1-29-24(15-9-11-16(32-2)12-10-15)23(25(30)28-20-8-6-5-7-19(20)27)17-13-21(33-3)22(34-4)14-18(17)26(29)31/h5-14,23-24H,1-4H3,(H,28,30). The van der Waals surface area contributed by atoms with Crippen molar-refractivity contribution in [3.63, 3.8) is 0 Å². The zero-order valence-electron chi connectivity index (χ0n) is 19.3. The average Bonchev–Trinajstić information content (AvgIpc) is 2.86. The highest BCUT2D eigenvalue weighted by molar-refractivity contribution is 6.05. The van der Waals surface area contributed by atoms with Gasteiger partial charge in [0.05, 0.1) is 39.0 Å². The number of hydrogen-bond donors (Lipinski definition) is 1. The molecule has 1 aliphatic rings. The molecular weight excluding hydrogens is 439 g/mol. The molecule has 3 aromatic carbocycles. The molecule has 2 amide bonds. The fraction of sp³-hybridized carbons (Fsp3) is 0.231. The highest BCUT2D eigenvalue weighted by Crippen LogP contribution is 2.46. The fourth-order valence-electron chi connectivity index (χ4n) is 4.32. The summed E-state index contributed by atoms with van der Waals surface area (Å²) in [6, 6.07) is 15.6. The molecule has 2 unspecified atom stereocenters. The van der Waals surface area contributed by atoms with Crippen molar-refractivity contribution in [3.8, 4) is 17.2 Å². The highest BCUT2D eigenvalue weighted by Gasteiger charge is 2.43. The first-order valence-corrected chi connectivity index (χ1v) is 10.6. The van der Waals surface area contributed by atoms with E-state index in [9.17, 15) is 14.0 Å². The molecule has 0 spiro atoms. The van der Waals surface area contributed by atoms with Crippen LogP contribution in [0.2, 0.25) is 0 Å². The Morgan fingerprint density at radius 1 is 0.941 bits per heavy atom. The Bertz CT molecular complexity index is 1230. The van der Waals surface area contributed by atoms with Crippen LogP contribution < -0.4 is 19.5 Å². The van der Waals surface area contributed by atoms with E-state index in [4.69, 9.17) is 14.2 Å². The number of amides is 2. The summed E-state index contributed by atoms with van der Waals surface area (Å²) in [4.78, 5) is 28.6. The molecule has 0 aromatic heterocycles. The molecule has 0 radical (unpaired) electrons. The van der Waals surface area contributed by atoms with Gasteiger partial charge in [0.25, 0.3) is 5.91 Å². The van der Waals surface area contributed by atoms with Crippen LogP contribution in [-0.2, 0) is 4.79 Å². The predicted octanol–water partition coefficient (Wildman–Crippen LogP) is 4.40. The van der Waals surface area contributed by atoms with Crippen molar-refractivity contribution in [3.05, 3.63) is 83.2 Å². The van der Waals surface area contributed by atoms with Gasteiger partial charge in [0.15, 0.2) is 11.5 Å². The summed E-state index contributed by atoms with van der Waals surface area (Å²) in [5.74, 6) is -0.733. The van der Waals surface area contributed by atoms with Crippen molar-refractivity contribution in [1.29, 1.82) is 0 Å². The van der Waals surface area contributed by atoms with Crippen LogP contribution in [0.3, 0.4) is 0 Å². The summed E-state index contributed by atoms with van der Waals surface area (Å²) in [7, 11) is 6.16. The van der Waals surface area contributed by atoms with Gasteiger partial charge in [-0.25, -0.2) is 4.39 Å². The molecule has 1 heterocycles. The number of hydrogen-bond acceptors (Lipinski definition) is 5. The molecular formula is C26H25FN2O5. The van der Waals surface area contributed by atoms with E-state index in [0.717, 1.165) is 5.56 Å². The minimum atomic E-state index is -0.856. The molecule has 7 nitrogen and oxygen atoms in total. The van der Waals surface area contributed by atoms with Crippen molar-refractivity contribution < 1.29 is 28.2 Å². The lowest BCUT2D eigenvalue weighted by atomic mass is 9.79. The van der Waals surface area contributed by atoms with Gasteiger partial charge in [-0.1, -0.05) is 24.3 Å². The molecule has 0 saturated heterocycles.